The Morgan fingerprint density at radius 1 is 1.00 bits per heavy atom. The minimum atomic E-state index is -0.365. The number of amides is 1. The van der Waals surface area contributed by atoms with Gasteiger partial charge in [0.25, 0.3) is 5.91 Å². The van der Waals surface area contributed by atoms with E-state index in [4.69, 9.17) is 44.4 Å². The Balaban J connectivity index is 0.000000921. The van der Waals surface area contributed by atoms with Crippen LogP contribution in [0.4, 0.5) is 5.69 Å². The van der Waals surface area contributed by atoms with E-state index in [0.29, 0.717) is 30.9 Å². The zero-order valence-electron chi connectivity index (χ0n) is 14.2. The first kappa shape index (κ1) is 23.8. The van der Waals surface area contributed by atoms with Gasteiger partial charge in [-0.15, -0.1) is 0 Å². The Kier molecular flexibility index (Phi) is 9.89. The van der Waals surface area contributed by atoms with Gasteiger partial charge in [-0.3, -0.25) is 4.79 Å². The topological polar surface area (TPSA) is 81.1 Å². The summed E-state index contributed by atoms with van der Waals surface area (Å²) in [5, 5.41) is 4.10. The molecule has 6 nitrogen and oxygen atoms in total. The molecule has 2 aromatic carbocycles. The van der Waals surface area contributed by atoms with E-state index in [0.717, 1.165) is 0 Å². The molecule has 10 heteroatoms. The van der Waals surface area contributed by atoms with E-state index >= 15 is 0 Å². The Hall–Kier alpha value is -2.19. The van der Waals surface area contributed by atoms with Crippen LogP contribution in [0.2, 0.25) is 15.1 Å². The summed E-state index contributed by atoms with van der Waals surface area (Å²) in [7, 11) is 0. The highest BCUT2D eigenvalue weighted by atomic mass is 79.9. The maximum absolute atomic E-state index is 12.3. The quantitative estimate of drug-likeness (QED) is 0.478. The molecule has 1 aromatic heterocycles. The molecule has 0 fully saturated rings. The summed E-state index contributed by atoms with van der Waals surface area (Å²) in [6.45, 7) is 4.00. The van der Waals surface area contributed by atoms with Crippen LogP contribution < -0.4 is 5.32 Å². The van der Waals surface area contributed by atoms with Crippen LogP contribution in [-0.4, -0.2) is 29.0 Å². The number of aromatic nitrogens is 2. The molecule has 0 saturated heterocycles. The number of carbonyl (C=O) groups is 3. The van der Waals surface area contributed by atoms with Crippen molar-refractivity contribution in [2.45, 2.75) is 0 Å². The summed E-state index contributed by atoms with van der Waals surface area (Å²) >= 11 is 21.5. The van der Waals surface area contributed by atoms with Crippen LogP contribution in [0, 0.1) is 0 Å². The molecular formula is C18H13BrCl3N3O3. The summed E-state index contributed by atoms with van der Waals surface area (Å²) < 4.78 is 2.28. The van der Waals surface area contributed by atoms with Gasteiger partial charge in [-0.05, 0) is 40.2 Å². The molecule has 0 radical (unpaired) electrons. The second-order valence-electron chi connectivity index (χ2n) is 4.82. The van der Waals surface area contributed by atoms with Gasteiger partial charge in [0, 0.05) is 11.9 Å². The SMILES string of the molecule is C=O.C=O.O=C(Nc1ccccc1Cl)c1cn(-c2cc(Cl)c(Br)c(Cl)c2)cn1. The second kappa shape index (κ2) is 11.6. The van der Waals surface area contributed by atoms with Gasteiger partial charge in [-0.2, -0.15) is 0 Å². The van der Waals surface area contributed by atoms with Crippen molar-refractivity contribution >= 4 is 75.9 Å². The molecule has 146 valence electrons. The van der Waals surface area contributed by atoms with Crippen LogP contribution >= 0.6 is 50.7 Å². The second-order valence-corrected chi connectivity index (χ2v) is 6.84. The lowest BCUT2D eigenvalue weighted by molar-refractivity contribution is -0.0987. The highest BCUT2D eigenvalue weighted by Gasteiger charge is 2.13. The highest BCUT2D eigenvalue weighted by Crippen LogP contribution is 2.32. The summed E-state index contributed by atoms with van der Waals surface area (Å²) in [6.07, 6.45) is 3.10. The van der Waals surface area contributed by atoms with Gasteiger partial charge in [0.05, 0.1) is 25.2 Å². The minimum Gasteiger partial charge on any atom is -0.319 e. The molecule has 0 aliphatic rings. The lowest BCUT2D eigenvalue weighted by atomic mass is 10.3. The standard InChI is InChI=1S/C16H9BrCl3N3O.2CH2O/c17-15-11(19)5-9(6-12(15)20)23-7-14(21-8-23)16(24)22-13-4-2-1-3-10(13)18;2*1-2/h1-8H,(H,22,24);2*1H2. The number of hydrogen-bond acceptors (Lipinski definition) is 4. The summed E-state index contributed by atoms with van der Waals surface area (Å²) in [5.41, 5.74) is 1.45. The van der Waals surface area contributed by atoms with E-state index in [1.807, 2.05) is 13.6 Å². The minimum absolute atomic E-state index is 0.241. The Morgan fingerprint density at radius 3 is 2.14 bits per heavy atom. The molecule has 0 bridgehead atoms. The smallest absolute Gasteiger partial charge is 0.275 e. The molecule has 1 amide bonds. The van der Waals surface area contributed by atoms with Crippen molar-refractivity contribution in [2.75, 3.05) is 5.32 Å². The number of hydrogen-bond donors (Lipinski definition) is 1. The molecule has 0 atom stereocenters. The molecule has 0 aliphatic carbocycles. The number of halogens is 4. The first-order valence-corrected chi connectivity index (χ1v) is 9.21. The number of nitrogens with one attached hydrogen (secondary N) is 1. The number of rotatable bonds is 3. The van der Waals surface area contributed by atoms with Crippen LogP contribution in [0.15, 0.2) is 53.4 Å². The van der Waals surface area contributed by atoms with Gasteiger partial charge < -0.3 is 19.5 Å². The van der Waals surface area contributed by atoms with Crippen molar-refractivity contribution in [3.8, 4) is 5.69 Å². The average Bonchev–Trinajstić information content (AvgIpc) is 3.21. The Bertz CT molecular complexity index is 941. The maximum Gasteiger partial charge on any atom is 0.275 e. The number of benzene rings is 2. The summed E-state index contributed by atoms with van der Waals surface area (Å²) in [5.74, 6) is -0.365. The van der Waals surface area contributed by atoms with Gasteiger partial charge in [0.2, 0.25) is 0 Å². The van der Waals surface area contributed by atoms with E-state index in [2.05, 4.69) is 26.2 Å². The number of para-hydroxylation sites is 1. The molecule has 28 heavy (non-hydrogen) atoms. The first-order chi connectivity index (χ1) is 13.5. The fourth-order valence-corrected chi connectivity index (χ4v) is 2.91. The average molecular weight is 506 g/mol. The molecule has 3 aromatic rings. The fraction of sp³-hybridized carbons (Fsp3) is 0. The molecule has 0 unspecified atom stereocenters. The van der Waals surface area contributed by atoms with E-state index in [9.17, 15) is 4.79 Å². The Labute approximate surface area is 184 Å². The predicted octanol–water partition coefficient (Wildman–Crippen LogP) is 5.48. The van der Waals surface area contributed by atoms with Crippen molar-refractivity contribution in [3.05, 3.63) is 74.2 Å². The van der Waals surface area contributed by atoms with E-state index in [-0.39, 0.29) is 11.6 Å². The van der Waals surface area contributed by atoms with Crippen LogP contribution in [-0.2, 0) is 9.59 Å². The molecule has 1 heterocycles. The van der Waals surface area contributed by atoms with Crippen molar-refractivity contribution in [3.63, 3.8) is 0 Å². The van der Waals surface area contributed by atoms with Crippen LogP contribution in [0.5, 0.6) is 0 Å². The molecule has 0 spiro atoms. The summed E-state index contributed by atoms with van der Waals surface area (Å²) in [4.78, 5) is 32.4. The number of imidazole rings is 1. The number of nitrogens with zero attached hydrogens (tertiary/aromatic N) is 2. The maximum atomic E-state index is 12.3. The predicted molar refractivity (Wildman–Crippen MR) is 115 cm³/mol. The van der Waals surface area contributed by atoms with Crippen molar-refractivity contribution in [1.29, 1.82) is 0 Å². The zero-order valence-corrected chi connectivity index (χ0v) is 18.0. The molecule has 1 N–H and O–H groups in total. The van der Waals surface area contributed by atoms with Crippen LogP contribution in [0.25, 0.3) is 5.69 Å². The molecular weight excluding hydrogens is 492 g/mol. The Morgan fingerprint density at radius 2 is 1.57 bits per heavy atom. The largest absolute Gasteiger partial charge is 0.319 e. The third-order valence-corrected chi connectivity index (χ3v) is 5.44. The van der Waals surface area contributed by atoms with Gasteiger partial charge in [-0.25, -0.2) is 4.98 Å². The third kappa shape index (κ3) is 5.90. The monoisotopic (exact) mass is 503 g/mol. The van der Waals surface area contributed by atoms with Crippen molar-refractivity contribution in [2.24, 2.45) is 0 Å². The van der Waals surface area contributed by atoms with Crippen molar-refractivity contribution < 1.29 is 14.4 Å². The normalized spacial score (nSPS) is 9.43. The molecule has 3 rings (SSSR count). The van der Waals surface area contributed by atoms with Gasteiger partial charge in [0.15, 0.2) is 0 Å². The van der Waals surface area contributed by atoms with Crippen LogP contribution in [0.1, 0.15) is 10.5 Å². The van der Waals surface area contributed by atoms with E-state index in [1.54, 1.807) is 47.2 Å². The summed E-state index contributed by atoms with van der Waals surface area (Å²) in [6, 6.07) is 10.4. The van der Waals surface area contributed by atoms with E-state index < -0.39 is 0 Å². The van der Waals surface area contributed by atoms with Crippen molar-refractivity contribution in [1.82, 2.24) is 9.55 Å². The lowest BCUT2D eigenvalue weighted by Gasteiger charge is -2.06. The van der Waals surface area contributed by atoms with Gasteiger partial charge in [0.1, 0.15) is 25.6 Å². The van der Waals surface area contributed by atoms with Gasteiger partial charge in [-0.1, -0.05) is 46.9 Å². The zero-order chi connectivity index (χ0) is 21.3. The van der Waals surface area contributed by atoms with Crippen LogP contribution in [0.3, 0.4) is 0 Å². The third-order valence-electron chi connectivity index (χ3n) is 3.20. The fourth-order valence-electron chi connectivity index (χ4n) is 2.02. The highest BCUT2D eigenvalue weighted by molar-refractivity contribution is 9.10. The number of anilines is 1. The first-order valence-electron chi connectivity index (χ1n) is 7.28. The van der Waals surface area contributed by atoms with E-state index in [1.165, 1.54) is 6.33 Å². The number of carbonyl (C=O) groups excluding carboxylic acids is 3. The molecule has 0 aliphatic heterocycles. The molecule has 0 saturated carbocycles. The van der Waals surface area contributed by atoms with Gasteiger partial charge >= 0.3 is 0 Å². The lowest BCUT2D eigenvalue weighted by Crippen LogP contribution is -2.12.